The van der Waals surface area contributed by atoms with E-state index in [1.807, 2.05) is 60.7 Å². The van der Waals surface area contributed by atoms with Gasteiger partial charge in [-0.05, 0) is 11.1 Å². The molecule has 2 rings (SSSR count). The smallest absolute Gasteiger partial charge is 0.348 e. The van der Waals surface area contributed by atoms with E-state index in [1.54, 1.807) is 19.0 Å². The Bertz CT molecular complexity index is 667. The number of hydrogen-bond acceptors (Lipinski definition) is 3. The fourth-order valence-electron chi connectivity index (χ4n) is 2.03. The molecule has 0 aliphatic rings. The molecule has 7 heteroatoms. The molecule has 0 radical (unpaired) electrons. The van der Waals surface area contributed by atoms with E-state index in [4.69, 9.17) is 17.5 Å². The minimum atomic E-state index is -4.67. The van der Waals surface area contributed by atoms with Crippen LogP contribution in [0.15, 0.2) is 60.7 Å². The normalized spacial score (nSPS) is 10.7. The number of benzene rings is 2. The van der Waals surface area contributed by atoms with Crippen molar-refractivity contribution < 1.29 is 22.3 Å². The Hall–Kier alpha value is -2.22. The van der Waals surface area contributed by atoms with Gasteiger partial charge in [0.2, 0.25) is 5.91 Å². The second-order valence-electron chi connectivity index (χ2n) is 4.93. The third kappa shape index (κ3) is 7.05. The monoisotopic (exact) mass is 337 g/mol. The molecule has 0 saturated heterocycles. The van der Waals surface area contributed by atoms with Crippen molar-refractivity contribution in [3.8, 4) is 0 Å². The third-order valence-electron chi connectivity index (χ3n) is 2.95. The van der Waals surface area contributed by atoms with E-state index in [0.717, 1.165) is 11.1 Å². The maximum absolute atomic E-state index is 12.4. The van der Waals surface area contributed by atoms with Crippen LogP contribution >= 0.6 is 0 Å². The quantitative estimate of drug-likeness (QED) is 0.838. The molecule has 0 spiro atoms. The van der Waals surface area contributed by atoms with E-state index in [2.05, 4.69) is 0 Å². The number of carbonyl (C=O) groups is 1. The van der Waals surface area contributed by atoms with Gasteiger partial charge in [-0.25, -0.2) is 0 Å². The third-order valence-corrected chi connectivity index (χ3v) is 2.95. The van der Waals surface area contributed by atoms with Crippen molar-refractivity contribution in [2.75, 3.05) is 14.1 Å². The van der Waals surface area contributed by atoms with Crippen LogP contribution in [-0.2, 0) is 15.2 Å². The van der Waals surface area contributed by atoms with Crippen LogP contribution < -0.4 is 0 Å². The summed E-state index contributed by atoms with van der Waals surface area (Å²) in [4.78, 5) is 14.0. The zero-order valence-corrected chi connectivity index (χ0v) is 13.6. The lowest BCUT2D eigenvalue weighted by molar-refractivity contribution is -0.129. The molecule has 2 aromatic carbocycles. The molecular weight excluding hydrogens is 318 g/mol. The van der Waals surface area contributed by atoms with Gasteiger partial charge in [-0.3, -0.25) is 13.9 Å². The number of likely N-dealkylation sites (N-methyl/N-ethyl adjacent to an activating group) is 1. The second kappa shape index (κ2) is 8.42. The summed E-state index contributed by atoms with van der Waals surface area (Å²) >= 11 is 0. The zero-order chi connectivity index (χ0) is 17.5. The van der Waals surface area contributed by atoms with Crippen LogP contribution in [0.3, 0.4) is 0 Å². The Kier molecular flexibility index (Phi) is 6.89. The molecule has 0 saturated carbocycles. The largest absolute Gasteiger partial charge is 0.394 e. The Labute approximate surface area is 136 Å². The van der Waals surface area contributed by atoms with Gasteiger partial charge in [0.1, 0.15) is 0 Å². The Morgan fingerprint density at radius 3 is 1.43 bits per heavy atom. The first-order chi connectivity index (χ1) is 10.7. The molecule has 0 fully saturated rings. The molecule has 0 aromatic heterocycles. The summed E-state index contributed by atoms with van der Waals surface area (Å²) in [6.07, 6.45) is 0. The molecule has 0 bridgehead atoms. The minimum absolute atomic E-state index is 0.104. The van der Waals surface area contributed by atoms with Gasteiger partial charge in [0.05, 0.1) is 5.92 Å². The maximum Gasteiger partial charge on any atom is 0.394 e. The summed E-state index contributed by atoms with van der Waals surface area (Å²) in [5.41, 5.74) is 2.06. The SMILES string of the molecule is CN(C)C(=O)C(c1ccccc1)c1ccccc1.O=S(=O)(O)O. The topological polar surface area (TPSA) is 94.9 Å². The molecule has 1 amide bonds. The predicted molar refractivity (Wildman–Crippen MR) is 87.6 cm³/mol. The van der Waals surface area contributed by atoms with E-state index in [9.17, 15) is 4.79 Å². The fourth-order valence-corrected chi connectivity index (χ4v) is 2.03. The number of amides is 1. The average molecular weight is 337 g/mol. The van der Waals surface area contributed by atoms with Gasteiger partial charge in [0.15, 0.2) is 0 Å². The van der Waals surface area contributed by atoms with Gasteiger partial charge in [0, 0.05) is 14.1 Å². The van der Waals surface area contributed by atoms with E-state index in [1.165, 1.54) is 0 Å². The van der Waals surface area contributed by atoms with Gasteiger partial charge in [0.25, 0.3) is 0 Å². The summed E-state index contributed by atoms with van der Waals surface area (Å²) in [5.74, 6) is -0.116. The van der Waals surface area contributed by atoms with Crippen LogP contribution in [0, 0.1) is 0 Å². The fraction of sp³-hybridized carbons (Fsp3) is 0.188. The van der Waals surface area contributed by atoms with E-state index >= 15 is 0 Å². The van der Waals surface area contributed by atoms with Crippen LogP contribution in [0.2, 0.25) is 0 Å². The van der Waals surface area contributed by atoms with Crippen molar-refractivity contribution in [3.63, 3.8) is 0 Å². The molecule has 2 aromatic rings. The Balaban J connectivity index is 0.000000463. The van der Waals surface area contributed by atoms with Crippen molar-refractivity contribution in [2.24, 2.45) is 0 Å². The van der Waals surface area contributed by atoms with Crippen molar-refractivity contribution in [1.82, 2.24) is 4.90 Å². The first-order valence-electron chi connectivity index (χ1n) is 6.71. The molecule has 0 heterocycles. The van der Waals surface area contributed by atoms with E-state index in [0.29, 0.717) is 0 Å². The van der Waals surface area contributed by atoms with Crippen LogP contribution in [-0.4, -0.2) is 42.4 Å². The molecule has 0 atom stereocenters. The Morgan fingerprint density at radius 2 is 1.17 bits per heavy atom. The molecule has 2 N–H and O–H groups in total. The minimum Gasteiger partial charge on any atom is -0.348 e. The molecule has 124 valence electrons. The van der Waals surface area contributed by atoms with Gasteiger partial charge < -0.3 is 4.90 Å². The van der Waals surface area contributed by atoms with Crippen molar-refractivity contribution >= 4 is 16.3 Å². The van der Waals surface area contributed by atoms with Crippen LogP contribution in [0.5, 0.6) is 0 Å². The highest BCUT2D eigenvalue weighted by atomic mass is 32.3. The van der Waals surface area contributed by atoms with Gasteiger partial charge in [-0.1, -0.05) is 60.7 Å². The molecule has 6 nitrogen and oxygen atoms in total. The summed E-state index contributed by atoms with van der Waals surface area (Å²) in [6, 6.07) is 19.8. The summed E-state index contributed by atoms with van der Waals surface area (Å²) in [6.45, 7) is 0. The number of rotatable bonds is 3. The summed E-state index contributed by atoms with van der Waals surface area (Å²) in [7, 11) is -1.08. The lowest BCUT2D eigenvalue weighted by Gasteiger charge is -2.21. The van der Waals surface area contributed by atoms with Gasteiger partial charge in [-0.15, -0.1) is 0 Å². The van der Waals surface area contributed by atoms with Crippen molar-refractivity contribution in [2.45, 2.75) is 5.92 Å². The molecule has 0 aliphatic carbocycles. The maximum atomic E-state index is 12.4. The highest BCUT2D eigenvalue weighted by Gasteiger charge is 2.23. The molecule has 0 aliphatic heterocycles. The average Bonchev–Trinajstić information content (AvgIpc) is 2.48. The van der Waals surface area contributed by atoms with E-state index < -0.39 is 10.4 Å². The predicted octanol–water partition coefficient (Wildman–Crippen LogP) is 2.25. The number of carbonyl (C=O) groups excluding carboxylic acids is 1. The first kappa shape index (κ1) is 18.8. The van der Waals surface area contributed by atoms with Crippen LogP contribution in [0.25, 0.3) is 0 Å². The molecule has 23 heavy (non-hydrogen) atoms. The summed E-state index contributed by atoms with van der Waals surface area (Å²) < 4.78 is 31.6. The summed E-state index contributed by atoms with van der Waals surface area (Å²) in [5, 5.41) is 0. The number of hydrogen-bond donors (Lipinski definition) is 2. The van der Waals surface area contributed by atoms with Gasteiger partial charge in [-0.2, -0.15) is 8.42 Å². The highest BCUT2D eigenvalue weighted by molar-refractivity contribution is 7.79. The van der Waals surface area contributed by atoms with Crippen molar-refractivity contribution in [3.05, 3.63) is 71.8 Å². The van der Waals surface area contributed by atoms with Crippen LogP contribution in [0.4, 0.5) is 0 Å². The molecule has 0 unspecified atom stereocenters. The van der Waals surface area contributed by atoms with Crippen LogP contribution in [0.1, 0.15) is 17.0 Å². The first-order valence-corrected chi connectivity index (χ1v) is 8.10. The van der Waals surface area contributed by atoms with Gasteiger partial charge >= 0.3 is 10.4 Å². The van der Waals surface area contributed by atoms with E-state index in [-0.39, 0.29) is 11.8 Å². The van der Waals surface area contributed by atoms with Crippen molar-refractivity contribution in [1.29, 1.82) is 0 Å². The second-order valence-corrected chi connectivity index (χ2v) is 5.83. The Morgan fingerprint density at radius 1 is 0.870 bits per heavy atom. The lowest BCUT2D eigenvalue weighted by Crippen LogP contribution is -2.28. The lowest BCUT2D eigenvalue weighted by atomic mass is 9.90. The number of nitrogens with zero attached hydrogens (tertiary/aromatic N) is 1. The zero-order valence-electron chi connectivity index (χ0n) is 12.8. The molecular formula is C16H19NO5S. The highest BCUT2D eigenvalue weighted by Crippen LogP contribution is 2.25. The standard InChI is InChI=1S/C16H17NO.H2O4S/c1-17(2)16(18)15(13-9-5-3-6-10-13)14-11-7-4-8-12-14;1-5(2,3)4/h3-12,15H,1-2H3;(H2,1,2,3,4).